The minimum Gasteiger partial charge on any atom is -0.454 e. The van der Waals surface area contributed by atoms with Crippen LogP contribution in [0.3, 0.4) is 0 Å². The molecule has 142 valence electrons. The first-order valence-electron chi connectivity index (χ1n) is 8.93. The molecule has 0 saturated heterocycles. The van der Waals surface area contributed by atoms with E-state index in [9.17, 15) is 4.79 Å². The number of anilines is 2. The molecule has 0 radical (unpaired) electrons. The maximum Gasteiger partial charge on any atom is 0.272 e. The van der Waals surface area contributed by atoms with Crippen molar-refractivity contribution in [1.82, 2.24) is 15.5 Å². The van der Waals surface area contributed by atoms with Gasteiger partial charge in [0.1, 0.15) is 0 Å². The van der Waals surface area contributed by atoms with Crippen LogP contribution in [0.25, 0.3) is 0 Å². The van der Waals surface area contributed by atoms with Crippen LogP contribution in [0, 0.1) is 13.8 Å². The van der Waals surface area contributed by atoms with Crippen molar-refractivity contribution in [2.75, 3.05) is 12.1 Å². The summed E-state index contributed by atoms with van der Waals surface area (Å²) in [5, 5.41) is 14.1. The first-order chi connectivity index (χ1) is 13.6. The molecule has 0 saturated carbocycles. The largest absolute Gasteiger partial charge is 0.454 e. The molecule has 3 aromatic rings. The summed E-state index contributed by atoms with van der Waals surface area (Å²) in [5.41, 5.74) is 4.52. The summed E-state index contributed by atoms with van der Waals surface area (Å²) in [6, 6.07) is 15.0. The molecule has 0 aliphatic carbocycles. The third-order valence-corrected chi connectivity index (χ3v) is 4.57. The smallest absolute Gasteiger partial charge is 0.272 e. The maximum atomic E-state index is 12.3. The second-order valence-electron chi connectivity index (χ2n) is 6.60. The summed E-state index contributed by atoms with van der Waals surface area (Å²) in [5.74, 6) is 1.69. The topological polar surface area (TPSA) is 85.4 Å². The highest BCUT2D eigenvalue weighted by Crippen LogP contribution is 2.32. The van der Waals surface area contributed by atoms with E-state index < -0.39 is 0 Å². The van der Waals surface area contributed by atoms with E-state index in [0.29, 0.717) is 23.9 Å². The van der Waals surface area contributed by atoms with Crippen molar-refractivity contribution < 1.29 is 14.3 Å². The fraction of sp³-hybridized carbons (Fsp3) is 0.190. The van der Waals surface area contributed by atoms with Crippen LogP contribution >= 0.6 is 0 Å². The Bertz CT molecular complexity index is 1020. The summed E-state index contributed by atoms with van der Waals surface area (Å²) >= 11 is 0. The van der Waals surface area contributed by atoms with E-state index in [1.165, 1.54) is 11.1 Å². The van der Waals surface area contributed by atoms with Gasteiger partial charge in [0.25, 0.3) is 5.91 Å². The van der Waals surface area contributed by atoms with Gasteiger partial charge in [-0.1, -0.05) is 12.1 Å². The standard InChI is InChI=1S/C21H20N4O3/c1-13-3-5-16(9-14(13)2)23-20-8-6-17(24-25-20)21(26)22-11-15-4-7-18-19(10-15)28-12-27-18/h3-10H,11-12H2,1-2H3,(H,22,26)(H,23,25). The van der Waals surface area contributed by atoms with E-state index in [1.807, 2.05) is 36.4 Å². The molecule has 28 heavy (non-hydrogen) atoms. The summed E-state index contributed by atoms with van der Waals surface area (Å²) < 4.78 is 10.6. The van der Waals surface area contributed by atoms with Gasteiger partial charge in [-0.05, 0) is 66.9 Å². The van der Waals surface area contributed by atoms with E-state index in [2.05, 4.69) is 34.7 Å². The molecule has 1 aromatic heterocycles. The zero-order valence-electron chi connectivity index (χ0n) is 15.7. The number of aromatic nitrogens is 2. The van der Waals surface area contributed by atoms with Gasteiger partial charge in [0, 0.05) is 12.2 Å². The first kappa shape index (κ1) is 17.8. The number of fused-ring (bicyclic) bond motifs is 1. The number of carbonyl (C=O) groups is 1. The summed E-state index contributed by atoms with van der Waals surface area (Å²) in [7, 11) is 0. The lowest BCUT2D eigenvalue weighted by atomic mass is 10.1. The van der Waals surface area contributed by atoms with Gasteiger partial charge in [-0.25, -0.2) is 0 Å². The minimum absolute atomic E-state index is 0.225. The third-order valence-electron chi connectivity index (χ3n) is 4.57. The van der Waals surface area contributed by atoms with Crippen LogP contribution in [0.2, 0.25) is 0 Å². The molecule has 0 atom stereocenters. The molecule has 0 unspecified atom stereocenters. The monoisotopic (exact) mass is 376 g/mol. The number of aryl methyl sites for hydroxylation is 2. The van der Waals surface area contributed by atoms with Crippen molar-refractivity contribution in [2.24, 2.45) is 0 Å². The Morgan fingerprint density at radius 2 is 1.82 bits per heavy atom. The lowest BCUT2D eigenvalue weighted by molar-refractivity contribution is 0.0945. The Kier molecular flexibility index (Phi) is 4.80. The van der Waals surface area contributed by atoms with Crippen molar-refractivity contribution in [1.29, 1.82) is 0 Å². The second kappa shape index (κ2) is 7.56. The van der Waals surface area contributed by atoms with Crippen LogP contribution < -0.4 is 20.1 Å². The van der Waals surface area contributed by atoms with Crippen LogP contribution in [0.15, 0.2) is 48.5 Å². The molecule has 4 rings (SSSR count). The number of ether oxygens (including phenoxy) is 2. The normalized spacial score (nSPS) is 11.9. The Balaban J connectivity index is 1.36. The number of nitrogens with zero attached hydrogens (tertiary/aromatic N) is 2. The lowest BCUT2D eigenvalue weighted by Gasteiger charge is -2.08. The number of benzene rings is 2. The third kappa shape index (κ3) is 3.88. The number of carbonyl (C=O) groups excluding carboxylic acids is 1. The van der Waals surface area contributed by atoms with Crippen LogP contribution in [-0.2, 0) is 6.54 Å². The highest BCUT2D eigenvalue weighted by Gasteiger charge is 2.14. The number of hydrogen-bond acceptors (Lipinski definition) is 6. The zero-order chi connectivity index (χ0) is 19.5. The van der Waals surface area contributed by atoms with E-state index >= 15 is 0 Å². The summed E-state index contributed by atoms with van der Waals surface area (Å²) in [4.78, 5) is 12.3. The number of nitrogens with one attached hydrogen (secondary N) is 2. The number of rotatable bonds is 5. The Labute approximate surface area is 162 Å². The van der Waals surface area contributed by atoms with Crippen molar-refractivity contribution in [3.63, 3.8) is 0 Å². The van der Waals surface area contributed by atoms with Crippen LogP contribution in [0.5, 0.6) is 11.5 Å². The van der Waals surface area contributed by atoms with Gasteiger partial charge in [0.05, 0.1) is 0 Å². The number of hydrogen-bond donors (Lipinski definition) is 2. The van der Waals surface area contributed by atoms with Crippen molar-refractivity contribution in [3.05, 3.63) is 70.9 Å². The van der Waals surface area contributed by atoms with Crippen molar-refractivity contribution in [2.45, 2.75) is 20.4 Å². The molecular weight excluding hydrogens is 356 g/mol. The van der Waals surface area contributed by atoms with Gasteiger partial charge < -0.3 is 20.1 Å². The molecule has 7 heteroatoms. The van der Waals surface area contributed by atoms with Crippen molar-refractivity contribution >= 4 is 17.4 Å². The molecule has 0 spiro atoms. The molecule has 7 nitrogen and oxygen atoms in total. The van der Waals surface area contributed by atoms with Crippen LogP contribution in [-0.4, -0.2) is 22.9 Å². The highest BCUT2D eigenvalue weighted by molar-refractivity contribution is 5.92. The quantitative estimate of drug-likeness (QED) is 0.709. The van der Waals surface area contributed by atoms with Gasteiger partial charge >= 0.3 is 0 Å². The van der Waals surface area contributed by atoms with Crippen LogP contribution in [0.1, 0.15) is 27.2 Å². The summed E-state index contributed by atoms with van der Waals surface area (Å²) in [6.45, 7) is 4.71. The predicted octanol–water partition coefficient (Wildman–Crippen LogP) is 3.50. The molecule has 1 aliphatic rings. The molecular formula is C21H20N4O3. The molecule has 2 heterocycles. The van der Waals surface area contributed by atoms with E-state index in [-0.39, 0.29) is 18.4 Å². The average molecular weight is 376 g/mol. The van der Waals surface area contributed by atoms with Gasteiger partial charge in [-0.3, -0.25) is 4.79 Å². The molecule has 1 amide bonds. The van der Waals surface area contributed by atoms with E-state index in [0.717, 1.165) is 11.3 Å². The average Bonchev–Trinajstić information content (AvgIpc) is 3.17. The molecule has 0 bridgehead atoms. The second-order valence-corrected chi connectivity index (χ2v) is 6.60. The Morgan fingerprint density at radius 3 is 2.61 bits per heavy atom. The summed E-state index contributed by atoms with van der Waals surface area (Å²) in [6.07, 6.45) is 0. The fourth-order valence-electron chi connectivity index (χ4n) is 2.81. The maximum absolute atomic E-state index is 12.3. The number of amides is 1. The van der Waals surface area contributed by atoms with E-state index in [1.54, 1.807) is 12.1 Å². The minimum atomic E-state index is -0.289. The van der Waals surface area contributed by atoms with Gasteiger partial charge in [-0.2, -0.15) is 0 Å². The zero-order valence-corrected chi connectivity index (χ0v) is 15.7. The molecule has 1 aliphatic heterocycles. The Hall–Kier alpha value is -3.61. The fourth-order valence-corrected chi connectivity index (χ4v) is 2.81. The van der Waals surface area contributed by atoms with Crippen molar-refractivity contribution in [3.8, 4) is 11.5 Å². The Morgan fingerprint density at radius 1 is 0.964 bits per heavy atom. The molecule has 0 fully saturated rings. The first-order valence-corrected chi connectivity index (χ1v) is 8.93. The lowest BCUT2D eigenvalue weighted by Crippen LogP contribution is -2.24. The molecule has 2 aromatic carbocycles. The van der Waals surface area contributed by atoms with Gasteiger partial charge in [0.2, 0.25) is 6.79 Å². The highest BCUT2D eigenvalue weighted by atomic mass is 16.7. The predicted molar refractivity (Wildman–Crippen MR) is 105 cm³/mol. The SMILES string of the molecule is Cc1ccc(Nc2ccc(C(=O)NCc3ccc4c(c3)OCO4)nn2)cc1C. The molecule has 2 N–H and O–H groups in total. The van der Waals surface area contributed by atoms with Gasteiger partial charge in [-0.15, -0.1) is 10.2 Å². The van der Waals surface area contributed by atoms with Crippen LogP contribution in [0.4, 0.5) is 11.5 Å². The van der Waals surface area contributed by atoms with Gasteiger partial charge in [0.15, 0.2) is 23.0 Å². The van der Waals surface area contributed by atoms with E-state index in [4.69, 9.17) is 9.47 Å².